The van der Waals surface area contributed by atoms with Crippen LogP contribution in [0.5, 0.6) is 0 Å². The lowest BCUT2D eigenvalue weighted by molar-refractivity contribution is 0.144. The Bertz CT molecular complexity index is 985. The van der Waals surface area contributed by atoms with E-state index in [1.807, 2.05) is 30.5 Å². The first-order valence-corrected chi connectivity index (χ1v) is 10.7. The molecule has 0 bridgehead atoms. The Hall–Kier alpha value is -1.81. The van der Waals surface area contributed by atoms with Gasteiger partial charge >= 0.3 is 0 Å². The lowest BCUT2D eigenvalue weighted by Gasteiger charge is -2.34. The molecule has 7 nitrogen and oxygen atoms in total. The Morgan fingerprint density at radius 3 is 2.56 bits per heavy atom. The molecule has 0 radical (unpaired) electrons. The van der Waals surface area contributed by atoms with Gasteiger partial charge in [0.2, 0.25) is 10.0 Å². The van der Waals surface area contributed by atoms with Crippen molar-refractivity contribution in [2.45, 2.75) is 32.0 Å². The average Bonchev–Trinajstić information content (AvgIpc) is 2.96. The summed E-state index contributed by atoms with van der Waals surface area (Å²) >= 11 is 5.41. The van der Waals surface area contributed by atoms with Gasteiger partial charge < -0.3 is 4.57 Å². The second kappa shape index (κ2) is 8.05. The molecular formula is C18H25N5O2S2. The van der Waals surface area contributed by atoms with Gasteiger partial charge in [-0.3, -0.25) is 4.90 Å². The van der Waals surface area contributed by atoms with Crippen molar-refractivity contribution in [3.05, 3.63) is 53.1 Å². The highest BCUT2D eigenvalue weighted by atomic mass is 32.2. The molecule has 3 rings (SSSR count). The smallest absolute Gasteiger partial charge is 0.243 e. The van der Waals surface area contributed by atoms with Crippen molar-refractivity contribution in [1.82, 2.24) is 23.6 Å². The number of aryl methyl sites for hydroxylation is 2. The highest BCUT2D eigenvalue weighted by Crippen LogP contribution is 2.22. The lowest BCUT2D eigenvalue weighted by atomic mass is 10.2. The standard InChI is InChI=1S/C18H25N5O2S2/c1-4-7-21-13-19-23(18(21)26)14-20-8-10-22(11-9-20)27(24,25)17-6-5-15(2)12-16(17)3/h4-6,12-13H,1,7-11,14H2,2-3H3. The molecule has 0 N–H and O–H groups in total. The van der Waals surface area contributed by atoms with Crippen molar-refractivity contribution in [3.8, 4) is 0 Å². The number of allylic oxidation sites excluding steroid dienone is 1. The summed E-state index contributed by atoms with van der Waals surface area (Å²) in [7, 11) is -3.47. The molecule has 1 fully saturated rings. The number of rotatable bonds is 6. The van der Waals surface area contributed by atoms with Gasteiger partial charge in [0.15, 0.2) is 4.77 Å². The largest absolute Gasteiger partial charge is 0.303 e. The summed E-state index contributed by atoms with van der Waals surface area (Å²) in [5.41, 5.74) is 1.85. The highest BCUT2D eigenvalue weighted by molar-refractivity contribution is 7.89. The summed E-state index contributed by atoms with van der Waals surface area (Å²) in [6, 6.07) is 5.46. The third kappa shape index (κ3) is 4.21. The second-order valence-corrected chi connectivity index (χ2v) is 9.06. The summed E-state index contributed by atoms with van der Waals surface area (Å²) in [4.78, 5) is 2.56. The fourth-order valence-electron chi connectivity index (χ4n) is 3.26. The normalized spacial score (nSPS) is 16.5. The van der Waals surface area contributed by atoms with Crippen LogP contribution >= 0.6 is 12.2 Å². The number of aromatic nitrogens is 3. The number of benzene rings is 1. The van der Waals surface area contributed by atoms with Crippen molar-refractivity contribution in [2.24, 2.45) is 0 Å². The average molecular weight is 408 g/mol. The highest BCUT2D eigenvalue weighted by Gasteiger charge is 2.29. The number of sulfonamides is 1. The summed E-state index contributed by atoms with van der Waals surface area (Å²) in [5, 5.41) is 4.32. The SMILES string of the molecule is C=CCn1cnn(CN2CCN(S(=O)(=O)c3ccc(C)cc3C)CC2)c1=S. The molecule has 1 saturated heterocycles. The van der Waals surface area contributed by atoms with Crippen LogP contribution in [0, 0.1) is 18.6 Å². The fourth-order valence-corrected chi connectivity index (χ4v) is 5.12. The third-order valence-electron chi connectivity index (χ3n) is 4.74. The van der Waals surface area contributed by atoms with Crippen molar-refractivity contribution < 1.29 is 8.42 Å². The quantitative estimate of drug-likeness (QED) is 0.543. The van der Waals surface area contributed by atoms with E-state index in [0.717, 1.165) is 11.1 Å². The van der Waals surface area contributed by atoms with Crippen LogP contribution in [-0.2, 0) is 23.2 Å². The number of hydrogen-bond acceptors (Lipinski definition) is 5. The predicted molar refractivity (Wildman–Crippen MR) is 107 cm³/mol. The van der Waals surface area contributed by atoms with Gasteiger partial charge in [0.05, 0.1) is 11.6 Å². The lowest BCUT2D eigenvalue weighted by Crippen LogP contribution is -2.49. The molecule has 0 spiro atoms. The Balaban J connectivity index is 1.66. The van der Waals surface area contributed by atoms with Crippen LogP contribution in [0.15, 0.2) is 42.1 Å². The van der Waals surface area contributed by atoms with E-state index >= 15 is 0 Å². The first-order chi connectivity index (χ1) is 12.8. The predicted octanol–water partition coefficient (Wildman–Crippen LogP) is 2.18. The summed E-state index contributed by atoms with van der Waals surface area (Å²) in [6.45, 7) is 10.9. The summed E-state index contributed by atoms with van der Waals surface area (Å²) in [6.07, 6.45) is 3.48. The van der Waals surface area contributed by atoms with Crippen molar-refractivity contribution in [3.63, 3.8) is 0 Å². The maximum Gasteiger partial charge on any atom is 0.243 e. The van der Waals surface area contributed by atoms with Gasteiger partial charge in [-0.25, -0.2) is 13.1 Å². The van der Waals surface area contributed by atoms with Gasteiger partial charge in [0.25, 0.3) is 0 Å². The second-order valence-electron chi connectivity index (χ2n) is 6.79. The van der Waals surface area contributed by atoms with Crippen LogP contribution in [-0.4, -0.2) is 58.1 Å². The van der Waals surface area contributed by atoms with E-state index in [0.29, 0.717) is 49.1 Å². The minimum atomic E-state index is -3.47. The number of piperazine rings is 1. The van der Waals surface area contributed by atoms with Crippen LogP contribution in [0.4, 0.5) is 0 Å². The van der Waals surface area contributed by atoms with Gasteiger partial charge in [-0.05, 0) is 37.7 Å². The Kier molecular flexibility index (Phi) is 5.95. The molecule has 2 aromatic rings. The van der Waals surface area contributed by atoms with Crippen molar-refractivity contribution >= 4 is 22.2 Å². The fraction of sp³-hybridized carbons (Fsp3) is 0.444. The molecule has 1 aromatic carbocycles. The molecule has 0 aliphatic carbocycles. The number of hydrogen-bond donors (Lipinski definition) is 0. The summed E-state index contributed by atoms with van der Waals surface area (Å²) in [5.74, 6) is 0. The number of nitrogens with zero attached hydrogens (tertiary/aromatic N) is 5. The summed E-state index contributed by atoms with van der Waals surface area (Å²) < 4.78 is 31.8. The zero-order valence-corrected chi connectivity index (χ0v) is 17.3. The minimum Gasteiger partial charge on any atom is -0.303 e. The first-order valence-electron chi connectivity index (χ1n) is 8.86. The minimum absolute atomic E-state index is 0.395. The van der Waals surface area contributed by atoms with Gasteiger partial charge in [-0.15, -0.1) is 6.58 Å². The van der Waals surface area contributed by atoms with E-state index < -0.39 is 10.0 Å². The van der Waals surface area contributed by atoms with Crippen molar-refractivity contribution in [2.75, 3.05) is 26.2 Å². The van der Waals surface area contributed by atoms with Gasteiger partial charge in [-0.2, -0.15) is 9.40 Å². The molecule has 1 aromatic heterocycles. The maximum absolute atomic E-state index is 13.0. The third-order valence-corrected chi connectivity index (χ3v) is 7.24. The van der Waals surface area contributed by atoms with E-state index in [9.17, 15) is 8.42 Å². The van der Waals surface area contributed by atoms with Crippen molar-refractivity contribution in [1.29, 1.82) is 0 Å². The Morgan fingerprint density at radius 2 is 1.93 bits per heavy atom. The zero-order chi connectivity index (χ0) is 19.6. The monoisotopic (exact) mass is 407 g/mol. The van der Waals surface area contributed by atoms with E-state index in [-0.39, 0.29) is 0 Å². The molecule has 27 heavy (non-hydrogen) atoms. The zero-order valence-electron chi connectivity index (χ0n) is 15.7. The van der Waals surface area contributed by atoms with Gasteiger partial charge in [0, 0.05) is 32.7 Å². The molecule has 0 amide bonds. The van der Waals surface area contributed by atoms with Crippen LogP contribution in [0.2, 0.25) is 0 Å². The topological polar surface area (TPSA) is 63.4 Å². The van der Waals surface area contributed by atoms with Gasteiger partial charge in [-0.1, -0.05) is 23.8 Å². The van der Waals surface area contributed by atoms with Crippen LogP contribution in [0.3, 0.4) is 0 Å². The van der Waals surface area contributed by atoms with E-state index in [2.05, 4.69) is 16.6 Å². The van der Waals surface area contributed by atoms with Crippen LogP contribution in [0.25, 0.3) is 0 Å². The molecular weight excluding hydrogens is 382 g/mol. The molecule has 0 atom stereocenters. The molecule has 2 heterocycles. The Morgan fingerprint density at radius 1 is 1.22 bits per heavy atom. The molecule has 0 saturated carbocycles. The molecule has 146 valence electrons. The first kappa shape index (κ1) is 19.9. The molecule has 1 aliphatic heterocycles. The Labute approximate surface area is 165 Å². The van der Waals surface area contributed by atoms with Crippen LogP contribution < -0.4 is 0 Å². The molecule has 0 unspecified atom stereocenters. The molecule has 9 heteroatoms. The van der Waals surface area contributed by atoms with E-state index in [1.54, 1.807) is 27.5 Å². The van der Waals surface area contributed by atoms with Crippen LogP contribution in [0.1, 0.15) is 11.1 Å². The van der Waals surface area contributed by atoms with E-state index in [1.165, 1.54) is 0 Å². The van der Waals surface area contributed by atoms with E-state index in [4.69, 9.17) is 12.2 Å². The maximum atomic E-state index is 13.0. The van der Waals surface area contributed by atoms with Gasteiger partial charge in [0.1, 0.15) is 6.33 Å². The molecule has 1 aliphatic rings.